The third-order valence-corrected chi connectivity index (χ3v) is 8.19. The molecule has 0 bridgehead atoms. The first-order valence-electron chi connectivity index (χ1n) is 5.89. The van der Waals surface area contributed by atoms with Gasteiger partial charge in [0.2, 0.25) is 5.91 Å². The Kier molecular flexibility index (Phi) is 3.86. The molecule has 1 unspecified atom stereocenters. The van der Waals surface area contributed by atoms with Crippen LogP contribution in [0.5, 0.6) is 0 Å². The topological polar surface area (TPSA) is 49.8 Å². The van der Waals surface area contributed by atoms with Crippen molar-refractivity contribution in [1.29, 1.82) is 0 Å². The Balaban J connectivity index is 2.76. The predicted octanol–water partition coefficient (Wildman–Crippen LogP) is 2.55. The van der Waals surface area contributed by atoms with Crippen molar-refractivity contribution in [2.24, 2.45) is 0 Å². The molecular formula is C12H23NO3Si. The minimum atomic E-state index is -1.90. The van der Waals surface area contributed by atoms with Crippen molar-refractivity contribution in [3.63, 3.8) is 0 Å². The fourth-order valence-corrected chi connectivity index (χ4v) is 2.76. The molecule has 0 saturated carbocycles. The van der Waals surface area contributed by atoms with Gasteiger partial charge in [0.1, 0.15) is 0 Å². The third-order valence-electron chi connectivity index (χ3n) is 3.70. The average molecular weight is 257 g/mol. The van der Waals surface area contributed by atoms with E-state index in [1.165, 1.54) is 0 Å². The van der Waals surface area contributed by atoms with Gasteiger partial charge in [-0.2, -0.15) is 0 Å². The first-order valence-corrected chi connectivity index (χ1v) is 8.80. The summed E-state index contributed by atoms with van der Waals surface area (Å²) in [6.45, 7) is 14.8. The zero-order valence-corrected chi connectivity index (χ0v) is 12.4. The zero-order chi connectivity index (χ0) is 13.4. The summed E-state index contributed by atoms with van der Waals surface area (Å²) >= 11 is 0. The lowest BCUT2D eigenvalue weighted by Gasteiger charge is -2.41. The predicted molar refractivity (Wildman–Crippen MR) is 69.3 cm³/mol. The van der Waals surface area contributed by atoms with Crippen LogP contribution in [0.25, 0.3) is 0 Å². The summed E-state index contributed by atoms with van der Waals surface area (Å²) in [6.07, 6.45) is -0.0474. The van der Waals surface area contributed by atoms with Crippen molar-refractivity contribution in [2.45, 2.75) is 51.4 Å². The molecule has 1 aliphatic heterocycles. The molecule has 1 aliphatic rings. The summed E-state index contributed by atoms with van der Waals surface area (Å²) < 4.78 is 6.15. The minimum Gasteiger partial charge on any atom is -0.410 e. The number of amides is 1. The van der Waals surface area contributed by atoms with Gasteiger partial charge in [0.05, 0.1) is 19.1 Å². The Hall–Kier alpha value is -0.653. The Morgan fingerprint density at radius 2 is 2.00 bits per heavy atom. The van der Waals surface area contributed by atoms with Gasteiger partial charge in [-0.15, -0.1) is 0 Å². The molecule has 98 valence electrons. The molecule has 1 rings (SSSR count). The molecule has 0 aliphatic carbocycles. The summed E-state index contributed by atoms with van der Waals surface area (Å²) in [7, 11) is -1.90. The van der Waals surface area contributed by atoms with Crippen LogP contribution in [0, 0.1) is 0 Å². The molecule has 4 nitrogen and oxygen atoms in total. The molecule has 1 fully saturated rings. The second-order valence-corrected chi connectivity index (χ2v) is 10.9. The molecule has 1 N–H and O–H groups in total. The number of hydrogen-bond acceptors (Lipinski definition) is 3. The van der Waals surface area contributed by atoms with E-state index < -0.39 is 8.32 Å². The van der Waals surface area contributed by atoms with Crippen molar-refractivity contribution < 1.29 is 14.4 Å². The normalized spacial score (nSPS) is 23.2. The van der Waals surface area contributed by atoms with E-state index in [1.807, 2.05) is 0 Å². The second-order valence-electron chi connectivity index (χ2n) is 6.18. The maximum absolute atomic E-state index is 11.5. The van der Waals surface area contributed by atoms with Crippen LogP contribution in [0.3, 0.4) is 0 Å². The van der Waals surface area contributed by atoms with E-state index >= 15 is 0 Å². The SMILES string of the molecule is C=C1CN(O)C(=O)CC1O[Si](C)(C)C(C)(C)C. The molecule has 1 heterocycles. The van der Waals surface area contributed by atoms with Crippen LogP contribution in [0.2, 0.25) is 18.1 Å². The van der Waals surface area contributed by atoms with Gasteiger partial charge >= 0.3 is 0 Å². The summed E-state index contributed by atoms with van der Waals surface area (Å²) in [5.41, 5.74) is 0.775. The van der Waals surface area contributed by atoms with Crippen LogP contribution in [0.1, 0.15) is 27.2 Å². The first-order chi connectivity index (χ1) is 7.54. The van der Waals surface area contributed by atoms with Crippen molar-refractivity contribution >= 4 is 14.2 Å². The summed E-state index contributed by atoms with van der Waals surface area (Å²) in [5.74, 6) is -0.291. The lowest BCUT2D eigenvalue weighted by Crippen LogP contribution is -2.49. The average Bonchev–Trinajstić information content (AvgIpc) is 2.12. The molecular weight excluding hydrogens is 234 g/mol. The minimum absolute atomic E-state index is 0.104. The third kappa shape index (κ3) is 3.17. The Morgan fingerprint density at radius 3 is 2.47 bits per heavy atom. The molecule has 0 radical (unpaired) electrons. The van der Waals surface area contributed by atoms with E-state index in [9.17, 15) is 10.0 Å². The van der Waals surface area contributed by atoms with Gasteiger partial charge in [-0.05, 0) is 23.7 Å². The van der Waals surface area contributed by atoms with Gasteiger partial charge < -0.3 is 4.43 Å². The number of hydroxylamine groups is 2. The van der Waals surface area contributed by atoms with Crippen LogP contribution in [-0.2, 0) is 9.22 Å². The van der Waals surface area contributed by atoms with Crippen LogP contribution >= 0.6 is 0 Å². The van der Waals surface area contributed by atoms with E-state index in [4.69, 9.17) is 4.43 Å². The lowest BCUT2D eigenvalue weighted by molar-refractivity contribution is -0.169. The summed E-state index contributed by atoms with van der Waals surface area (Å²) in [5, 5.41) is 10.1. The first kappa shape index (κ1) is 14.4. The van der Waals surface area contributed by atoms with Gasteiger partial charge in [-0.25, -0.2) is 5.06 Å². The molecule has 5 heteroatoms. The molecule has 0 aromatic carbocycles. The van der Waals surface area contributed by atoms with Crippen molar-refractivity contribution in [3.8, 4) is 0 Å². The Labute approximate surface area is 104 Å². The van der Waals surface area contributed by atoms with E-state index in [1.54, 1.807) is 0 Å². The van der Waals surface area contributed by atoms with Crippen LogP contribution in [-0.4, -0.2) is 37.1 Å². The molecule has 1 amide bonds. The maximum Gasteiger partial charge on any atom is 0.249 e. The molecule has 1 atom stereocenters. The highest BCUT2D eigenvalue weighted by atomic mass is 28.4. The highest BCUT2D eigenvalue weighted by Gasteiger charge is 2.41. The maximum atomic E-state index is 11.5. The fourth-order valence-electron chi connectivity index (χ4n) is 1.45. The number of piperidine rings is 1. The van der Waals surface area contributed by atoms with E-state index in [0.29, 0.717) is 5.06 Å². The number of carbonyl (C=O) groups excluding carboxylic acids is 1. The molecule has 17 heavy (non-hydrogen) atoms. The summed E-state index contributed by atoms with van der Waals surface area (Å²) in [6, 6.07) is 0. The summed E-state index contributed by atoms with van der Waals surface area (Å²) in [4.78, 5) is 11.5. The van der Waals surface area contributed by atoms with E-state index in [2.05, 4.69) is 40.4 Å². The van der Waals surface area contributed by atoms with Gasteiger partial charge in [0, 0.05) is 0 Å². The smallest absolute Gasteiger partial charge is 0.249 e. The van der Waals surface area contributed by atoms with Crippen LogP contribution < -0.4 is 0 Å². The van der Waals surface area contributed by atoms with Crippen molar-refractivity contribution in [2.75, 3.05) is 6.54 Å². The Morgan fingerprint density at radius 1 is 1.47 bits per heavy atom. The fraction of sp³-hybridized carbons (Fsp3) is 0.750. The Bertz CT molecular complexity index is 333. The molecule has 0 aromatic heterocycles. The zero-order valence-electron chi connectivity index (χ0n) is 11.4. The van der Waals surface area contributed by atoms with Gasteiger partial charge in [0.25, 0.3) is 0 Å². The number of hydrogen-bond donors (Lipinski definition) is 1. The number of carbonyl (C=O) groups is 1. The van der Waals surface area contributed by atoms with Crippen LogP contribution in [0.15, 0.2) is 12.2 Å². The number of nitrogens with zero attached hydrogens (tertiary/aromatic N) is 1. The standard InChI is InChI=1S/C12H23NO3Si/c1-9-8-13(15)11(14)7-10(9)16-17(5,6)12(2,3)4/h10,15H,1,7-8H2,2-6H3. The van der Waals surface area contributed by atoms with Gasteiger partial charge in [-0.3, -0.25) is 10.0 Å². The van der Waals surface area contributed by atoms with Crippen molar-refractivity contribution in [3.05, 3.63) is 12.2 Å². The molecule has 1 saturated heterocycles. The molecule has 0 aromatic rings. The van der Waals surface area contributed by atoms with Crippen molar-refractivity contribution in [1.82, 2.24) is 5.06 Å². The monoisotopic (exact) mass is 257 g/mol. The van der Waals surface area contributed by atoms with E-state index in [0.717, 1.165) is 5.57 Å². The highest BCUT2D eigenvalue weighted by molar-refractivity contribution is 6.74. The second kappa shape index (κ2) is 4.55. The largest absolute Gasteiger partial charge is 0.410 e. The van der Waals surface area contributed by atoms with Gasteiger partial charge in [0.15, 0.2) is 8.32 Å². The quantitative estimate of drug-likeness (QED) is 0.470. The molecule has 0 spiro atoms. The number of rotatable bonds is 2. The van der Waals surface area contributed by atoms with Gasteiger partial charge in [-0.1, -0.05) is 27.4 Å². The van der Waals surface area contributed by atoms with E-state index in [-0.39, 0.29) is 30.0 Å². The van der Waals surface area contributed by atoms with Crippen LogP contribution in [0.4, 0.5) is 0 Å². The lowest BCUT2D eigenvalue weighted by atomic mass is 10.0. The highest BCUT2D eigenvalue weighted by Crippen LogP contribution is 2.38.